The van der Waals surface area contributed by atoms with E-state index in [1.54, 1.807) is 11.9 Å². The maximum atomic E-state index is 12.8. The average Bonchev–Trinajstić information content (AvgIpc) is 2.54. The molecule has 1 aliphatic carbocycles. The molecule has 2 fully saturated rings. The highest BCUT2D eigenvalue weighted by Gasteiger charge is 2.63. The molecule has 24 heavy (non-hydrogen) atoms. The Labute approximate surface area is 150 Å². The van der Waals surface area contributed by atoms with Crippen LogP contribution in [0.1, 0.15) is 27.2 Å². The molecule has 140 valence electrons. The minimum Gasteiger partial charge on any atom is -0.378 e. The van der Waals surface area contributed by atoms with Crippen molar-refractivity contribution in [2.45, 2.75) is 38.8 Å². The number of amides is 2. The standard InChI is InChI=1S/C16H29N3O4.ClH/c1-5-23-12-10-16(17,15(12,2)3)14(21)18(4)11-13(20)19-6-8-22-9-7-19;/h12H,5-11,17H2,1-4H3;1H. The molecule has 2 amide bonds. The summed E-state index contributed by atoms with van der Waals surface area (Å²) in [6, 6.07) is 0. The van der Waals surface area contributed by atoms with Crippen LogP contribution in [0.25, 0.3) is 0 Å². The number of carbonyl (C=O) groups excluding carboxylic acids is 2. The molecule has 0 radical (unpaired) electrons. The number of nitrogens with zero attached hydrogens (tertiary/aromatic N) is 2. The molecule has 1 heterocycles. The van der Waals surface area contributed by atoms with E-state index in [0.717, 1.165) is 0 Å². The van der Waals surface area contributed by atoms with E-state index >= 15 is 0 Å². The highest BCUT2D eigenvalue weighted by molar-refractivity contribution is 5.92. The second kappa shape index (κ2) is 7.99. The molecular formula is C16H30ClN3O4. The Morgan fingerprint density at radius 1 is 1.33 bits per heavy atom. The summed E-state index contributed by atoms with van der Waals surface area (Å²) >= 11 is 0. The van der Waals surface area contributed by atoms with Crippen LogP contribution in [0.2, 0.25) is 0 Å². The molecule has 1 saturated heterocycles. The van der Waals surface area contributed by atoms with Gasteiger partial charge in [-0.25, -0.2) is 0 Å². The van der Waals surface area contributed by atoms with Crippen molar-refractivity contribution in [3.8, 4) is 0 Å². The normalized spacial score (nSPS) is 28.5. The van der Waals surface area contributed by atoms with Crippen molar-refractivity contribution in [1.82, 2.24) is 9.80 Å². The van der Waals surface area contributed by atoms with Gasteiger partial charge >= 0.3 is 0 Å². The summed E-state index contributed by atoms with van der Waals surface area (Å²) in [4.78, 5) is 28.2. The smallest absolute Gasteiger partial charge is 0.243 e. The van der Waals surface area contributed by atoms with Gasteiger partial charge in [0.2, 0.25) is 11.8 Å². The first-order chi connectivity index (χ1) is 10.7. The van der Waals surface area contributed by atoms with Crippen molar-refractivity contribution in [2.24, 2.45) is 11.1 Å². The van der Waals surface area contributed by atoms with Gasteiger partial charge < -0.3 is 25.0 Å². The molecule has 2 aliphatic rings. The number of ether oxygens (including phenoxy) is 2. The Morgan fingerprint density at radius 3 is 2.42 bits per heavy atom. The van der Waals surface area contributed by atoms with Gasteiger partial charge in [-0.3, -0.25) is 9.59 Å². The summed E-state index contributed by atoms with van der Waals surface area (Å²) in [7, 11) is 1.64. The molecule has 2 rings (SSSR count). The molecule has 2 N–H and O–H groups in total. The second-order valence-corrected chi connectivity index (χ2v) is 7.00. The molecular weight excluding hydrogens is 334 g/mol. The fourth-order valence-corrected chi connectivity index (χ4v) is 3.33. The first-order valence-electron chi connectivity index (χ1n) is 8.25. The summed E-state index contributed by atoms with van der Waals surface area (Å²) in [5.41, 5.74) is 4.96. The Hall–Kier alpha value is -0.890. The predicted octanol–water partition coefficient (Wildman–Crippen LogP) is 0.258. The zero-order chi connectivity index (χ0) is 17.3. The van der Waals surface area contributed by atoms with Crippen molar-refractivity contribution in [2.75, 3.05) is 46.5 Å². The molecule has 0 spiro atoms. The molecule has 7 nitrogen and oxygen atoms in total. The summed E-state index contributed by atoms with van der Waals surface area (Å²) in [6.45, 7) is 8.73. The van der Waals surface area contributed by atoms with E-state index in [2.05, 4.69) is 0 Å². The molecule has 0 aromatic carbocycles. The van der Waals surface area contributed by atoms with E-state index in [1.807, 2.05) is 20.8 Å². The highest BCUT2D eigenvalue weighted by atomic mass is 35.5. The van der Waals surface area contributed by atoms with Crippen LogP contribution in [-0.2, 0) is 19.1 Å². The quantitative estimate of drug-likeness (QED) is 0.757. The van der Waals surface area contributed by atoms with E-state index in [-0.39, 0.29) is 36.9 Å². The van der Waals surface area contributed by atoms with E-state index in [9.17, 15) is 9.59 Å². The van der Waals surface area contributed by atoms with Crippen LogP contribution < -0.4 is 5.73 Å². The Morgan fingerprint density at radius 2 is 1.92 bits per heavy atom. The SMILES string of the molecule is CCOC1CC(N)(C(=O)N(C)CC(=O)N2CCOCC2)C1(C)C.Cl. The first-order valence-corrected chi connectivity index (χ1v) is 8.25. The van der Waals surface area contributed by atoms with Gasteiger partial charge in [0.15, 0.2) is 0 Å². The molecule has 2 atom stereocenters. The lowest BCUT2D eigenvalue weighted by Gasteiger charge is -2.58. The van der Waals surface area contributed by atoms with Gasteiger partial charge in [-0.05, 0) is 6.92 Å². The van der Waals surface area contributed by atoms with Crippen molar-refractivity contribution in [1.29, 1.82) is 0 Å². The summed E-state index contributed by atoms with van der Waals surface area (Å²) < 4.78 is 10.9. The minimum atomic E-state index is -0.979. The van der Waals surface area contributed by atoms with E-state index in [0.29, 0.717) is 39.3 Å². The topological polar surface area (TPSA) is 85.1 Å². The first kappa shape index (κ1) is 21.2. The minimum absolute atomic E-state index is 0. The lowest BCUT2D eigenvalue weighted by Crippen LogP contribution is -2.76. The maximum absolute atomic E-state index is 12.8. The number of halogens is 1. The number of hydrogen-bond donors (Lipinski definition) is 1. The number of nitrogens with two attached hydrogens (primary N) is 1. The predicted molar refractivity (Wildman–Crippen MR) is 93.0 cm³/mol. The van der Waals surface area contributed by atoms with Crippen LogP contribution in [-0.4, -0.2) is 79.8 Å². The zero-order valence-corrected chi connectivity index (χ0v) is 15.9. The van der Waals surface area contributed by atoms with Crippen LogP contribution in [0.3, 0.4) is 0 Å². The number of carbonyl (C=O) groups is 2. The van der Waals surface area contributed by atoms with Crippen LogP contribution >= 0.6 is 12.4 Å². The van der Waals surface area contributed by atoms with Crippen molar-refractivity contribution in [3.05, 3.63) is 0 Å². The van der Waals surface area contributed by atoms with Gasteiger partial charge in [0.25, 0.3) is 0 Å². The number of hydrogen-bond acceptors (Lipinski definition) is 5. The van der Waals surface area contributed by atoms with Crippen LogP contribution in [0.4, 0.5) is 0 Å². The van der Waals surface area contributed by atoms with Crippen molar-refractivity contribution >= 4 is 24.2 Å². The summed E-state index contributed by atoms with van der Waals surface area (Å²) in [5.74, 6) is -0.258. The van der Waals surface area contributed by atoms with Gasteiger partial charge in [-0.15, -0.1) is 12.4 Å². The molecule has 8 heteroatoms. The third-order valence-corrected chi connectivity index (χ3v) is 5.29. The Bertz CT molecular complexity index is 468. The molecule has 0 aromatic rings. The van der Waals surface area contributed by atoms with Crippen LogP contribution in [0, 0.1) is 5.41 Å². The maximum Gasteiger partial charge on any atom is 0.243 e. The van der Waals surface area contributed by atoms with Gasteiger partial charge in [-0.2, -0.15) is 0 Å². The average molecular weight is 364 g/mol. The molecule has 0 aromatic heterocycles. The lowest BCUT2D eigenvalue weighted by molar-refractivity contribution is -0.179. The van der Waals surface area contributed by atoms with E-state index < -0.39 is 11.0 Å². The zero-order valence-electron chi connectivity index (χ0n) is 15.0. The molecule has 1 aliphatic heterocycles. The molecule has 2 unspecified atom stereocenters. The Kier molecular flexibility index (Phi) is 7.04. The van der Waals surface area contributed by atoms with Gasteiger partial charge in [-0.1, -0.05) is 13.8 Å². The van der Waals surface area contributed by atoms with Gasteiger partial charge in [0.05, 0.1) is 25.9 Å². The third kappa shape index (κ3) is 3.69. The second-order valence-electron chi connectivity index (χ2n) is 7.00. The number of rotatable bonds is 5. The largest absolute Gasteiger partial charge is 0.378 e. The van der Waals surface area contributed by atoms with E-state index in [4.69, 9.17) is 15.2 Å². The Balaban J connectivity index is 0.00000288. The molecule has 1 saturated carbocycles. The summed E-state index contributed by atoms with van der Waals surface area (Å²) in [5, 5.41) is 0. The van der Waals surface area contributed by atoms with Crippen LogP contribution in [0.5, 0.6) is 0 Å². The lowest BCUT2D eigenvalue weighted by atomic mass is 9.54. The van der Waals surface area contributed by atoms with Gasteiger partial charge in [0.1, 0.15) is 5.54 Å². The highest BCUT2D eigenvalue weighted by Crippen LogP contribution is 2.50. The number of likely N-dealkylation sites (N-methyl/N-ethyl adjacent to an activating group) is 1. The van der Waals surface area contributed by atoms with Gasteiger partial charge in [0, 0.05) is 38.6 Å². The third-order valence-electron chi connectivity index (χ3n) is 5.29. The van der Waals surface area contributed by atoms with Crippen molar-refractivity contribution in [3.63, 3.8) is 0 Å². The fraction of sp³-hybridized carbons (Fsp3) is 0.875. The summed E-state index contributed by atoms with van der Waals surface area (Å²) in [6.07, 6.45) is 0.466. The van der Waals surface area contributed by atoms with Crippen molar-refractivity contribution < 1.29 is 19.1 Å². The molecule has 0 bridgehead atoms. The number of morpholine rings is 1. The van der Waals surface area contributed by atoms with Crippen LogP contribution in [0.15, 0.2) is 0 Å². The fourth-order valence-electron chi connectivity index (χ4n) is 3.33. The van der Waals surface area contributed by atoms with E-state index in [1.165, 1.54) is 4.90 Å². The monoisotopic (exact) mass is 363 g/mol.